The van der Waals surface area contributed by atoms with Crippen LogP contribution in [0.4, 0.5) is 0 Å². The van der Waals surface area contributed by atoms with Crippen LogP contribution in [0.2, 0.25) is 0 Å². The van der Waals surface area contributed by atoms with Crippen molar-refractivity contribution in [3.63, 3.8) is 0 Å². The largest absolute Gasteiger partial charge is 0.491 e. The summed E-state index contributed by atoms with van der Waals surface area (Å²) < 4.78 is 5.56. The summed E-state index contributed by atoms with van der Waals surface area (Å²) in [6, 6.07) is 11.9. The van der Waals surface area contributed by atoms with Gasteiger partial charge in [0.25, 0.3) is 0 Å². The molecule has 2 aromatic rings. The molecule has 1 aromatic carbocycles. The molecule has 4 heteroatoms. The topological polar surface area (TPSA) is 54.4 Å². The predicted octanol–water partition coefficient (Wildman–Crippen LogP) is 2.48. The Morgan fingerprint density at radius 1 is 1.24 bits per heavy atom. The standard InChI is InChI=1S/C17H22N2O2/c1-13-5-7-17(8-6-13)21-12-16(20)11-19-14(2)15-4-3-9-18-10-15/h3-10,14,16,19-20H,11-12H2,1-2H3/t14-,16?/m1/s1. The first-order valence-electron chi connectivity index (χ1n) is 7.16. The third kappa shape index (κ3) is 5.17. The van der Waals surface area contributed by atoms with Gasteiger partial charge in [-0.3, -0.25) is 4.98 Å². The summed E-state index contributed by atoms with van der Waals surface area (Å²) in [5.41, 5.74) is 2.29. The first-order chi connectivity index (χ1) is 10.1. The molecule has 1 heterocycles. The van der Waals surface area contributed by atoms with Crippen LogP contribution in [0, 0.1) is 6.92 Å². The lowest BCUT2D eigenvalue weighted by molar-refractivity contribution is 0.104. The van der Waals surface area contributed by atoms with Crippen molar-refractivity contribution in [1.29, 1.82) is 0 Å². The summed E-state index contributed by atoms with van der Waals surface area (Å²) in [4.78, 5) is 4.09. The Hall–Kier alpha value is -1.91. The van der Waals surface area contributed by atoms with Crippen LogP contribution in [0.25, 0.3) is 0 Å². The highest BCUT2D eigenvalue weighted by Gasteiger charge is 2.09. The molecule has 0 amide bonds. The van der Waals surface area contributed by atoms with Crippen molar-refractivity contribution in [2.45, 2.75) is 26.0 Å². The molecular weight excluding hydrogens is 264 g/mol. The molecule has 0 bridgehead atoms. The number of aliphatic hydroxyl groups excluding tert-OH is 1. The van der Waals surface area contributed by atoms with Crippen LogP contribution >= 0.6 is 0 Å². The van der Waals surface area contributed by atoms with Crippen LogP contribution in [0.1, 0.15) is 24.1 Å². The van der Waals surface area contributed by atoms with Crippen LogP contribution in [-0.4, -0.2) is 29.3 Å². The molecule has 21 heavy (non-hydrogen) atoms. The number of nitrogens with zero attached hydrogens (tertiary/aromatic N) is 1. The number of aliphatic hydroxyl groups is 1. The van der Waals surface area contributed by atoms with Crippen LogP contribution in [0.3, 0.4) is 0 Å². The summed E-state index contributed by atoms with van der Waals surface area (Å²) in [7, 11) is 0. The van der Waals surface area contributed by atoms with Crippen molar-refractivity contribution in [1.82, 2.24) is 10.3 Å². The van der Waals surface area contributed by atoms with Crippen molar-refractivity contribution >= 4 is 0 Å². The van der Waals surface area contributed by atoms with Gasteiger partial charge in [0.2, 0.25) is 0 Å². The second-order valence-electron chi connectivity index (χ2n) is 5.19. The number of rotatable bonds is 7. The molecule has 0 aliphatic rings. The Morgan fingerprint density at radius 3 is 2.67 bits per heavy atom. The highest BCUT2D eigenvalue weighted by Crippen LogP contribution is 2.12. The molecule has 0 saturated heterocycles. The van der Waals surface area contributed by atoms with Crippen molar-refractivity contribution in [3.8, 4) is 5.75 Å². The van der Waals surface area contributed by atoms with Gasteiger partial charge in [-0.25, -0.2) is 0 Å². The fourth-order valence-corrected chi connectivity index (χ4v) is 1.95. The lowest BCUT2D eigenvalue weighted by atomic mass is 10.1. The van der Waals surface area contributed by atoms with Crippen molar-refractivity contribution in [3.05, 3.63) is 59.9 Å². The maximum absolute atomic E-state index is 9.96. The highest BCUT2D eigenvalue weighted by molar-refractivity contribution is 5.26. The monoisotopic (exact) mass is 286 g/mol. The summed E-state index contributed by atoms with van der Waals surface area (Å²) >= 11 is 0. The van der Waals surface area contributed by atoms with E-state index in [1.54, 1.807) is 6.20 Å². The SMILES string of the molecule is Cc1ccc(OCC(O)CN[C@H](C)c2cccnc2)cc1. The van der Waals surface area contributed by atoms with Gasteiger partial charge >= 0.3 is 0 Å². The Labute approximate surface area is 125 Å². The molecule has 0 aliphatic heterocycles. The molecule has 0 spiro atoms. The minimum atomic E-state index is -0.551. The lowest BCUT2D eigenvalue weighted by Crippen LogP contribution is -2.33. The third-order valence-electron chi connectivity index (χ3n) is 3.31. The highest BCUT2D eigenvalue weighted by atomic mass is 16.5. The molecule has 4 nitrogen and oxygen atoms in total. The average molecular weight is 286 g/mol. The van der Waals surface area contributed by atoms with Crippen LogP contribution in [-0.2, 0) is 0 Å². The number of hydrogen-bond donors (Lipinski definition) is 2. The molecule has 1 unspecified atom stereocenters. The van der Waals surface area contributed by atoms with Gasteiger partial charge in [0.15, 0.2) is 0 Å². The summed E-state index contributed by atoms with van der Waals surface area (Å²) in [6.07, 6.45) is 3.03. The molecule has 112 valence electrons. The van der Waals surface area contributed by atoms with E-state index in [1.807, 2.05) is 56.4 Å². The van der Waals surface area contributed by atoms with E-state index in [2.05, 4.69) is 10.3 Å². The zero-order valence-electron chi connectivity index (χ0n) is 12.5. The number of nitrogens with one attached hydrogen (secondary N) is 1. The van der Waals surface area contributed by atoms with E-state index in [1.165, 1.54) is 5.56 Å². The fraction of sp³-hybridized carbons (Fsp3) is 0.353. The van der Waals surface area contributed by atoms with E-state index in [0.717, 1.165) is 11.3 Å². The number of aromatic nitrogens is 1. The quantitative estimate of drug-likeness (QED) is 0.821. The van der Waals surface area contributed by atoms with E-state index in [0.29, 0.717) is 6.54 Å². The first kappa shape index (κ1) is 15.5. The molecule has 2 N–H and O–H groups in total. The zero-order chi connectivity index (χ0) is 15.1. The molecule has 2 rings (SSSR count). The first-order valence-corrected chi connectivity index (χ1v) is 7.16. The van der Waals surface area contributed by atoms with Crippen molar-refractivity contribution in [2.24, 2.45) is 0 Å². The van der Waals surface area contributed by atoms with Crippen molar-refractivity contribution < 1.29 is 9.84 Å². The number of hydrogen-bond acceptors (Lipinski definition) is 4. The average Bonchev–Trinajstić information content (AvgIpc) is 2.53. The number of benzene rings is 1. The second-order valence-corrected chi connectivity index (χ2v) is 5.19. The molecule has 0 radical (unpaired) electrons. The van der Waals surface area contributed by atoms with Gasteiger partial charge < -0.3 is 15.2 Å². The molecule has 2 atom stereocenters. The second kappa shape index (κ2) is 7.76. The van der Waals surface area contributed by atoms with Gasteiger partial charge in [-0.15, -0.1) is 0 Å². The molecule has 1 aromatic heterocycles. The van der Waals surface area contributed by atoms with Gasteiger partial charge in [-0.05, 0) is 37.6 Å². The Bertz CT molecular complexity index is 528. The van der Waals surface area contributed by atoms with E-state index >= 15 is 0 Å². The van der Waals surface area contributed by atoms with Gasteiger partial charge in [-0.2, -0.15) is 0 Å². The molecule has 0 fully saturated rings. The van der Waals surface area contributed by atoms with E-state index in [4.69, 9.17) is 4.74 Å². The normalized spacial score (nSPS) is 13.7. The third-order valence-corrected chi connectivity index (χ3v) is 3.31. The molecule has 0 saturated carbocycles. The summed E-state index contributed by atoms with van der Waals surface area (Å²) in [5, 5.41) is 13.2. The zero-order valence-corrected chi connectivity index (χ0v) is 12.5. The van der Waals surface area contributed by atoms with E-state index in [9.17, 15) is 5.11 Å². The van der Waals surface area contributed by atoms with Gasteiger partial charge in [-0.1, -0.05) is 23.8 Å². The summed E-state index contributed by atoms with van der Waals surface area (Å²) in [5.74, 6) is 0.778. The molecular formula is C17H22N2O2. The maximum atomic E-state index is 9.96. The number of aryl methyl sites for hydroxylation is 1. The number of pyridine rings is 1. The summed E-state index contributed by atoms with van der Waals surface area (Å²) in [6.45, 7) is 4.82. The maximum Gasteiger partial charge on any atom is 0.119 e. The fourth-order valence-electron chi connectivity index (χ4n) is 1.95. The van der Waals surface area contributed by atoms with Gasteiger partial charge in [0.05, 0.1) is 0 Å². The predicted molar refractivity (Wildman–Crippen MR) is 83.3 cm³/mol. The molecule has 0 aliphatic carbocycles. The minimum Gasteiger partial charge on any atom is -0.491 e. The Morgan fingerprint density at radius 2 is 2.00 bits per heavy atom. The van der Waals surface area contributed by atoms with Gasteiger partial charge in [0.1, 0.15) is 18.5 Å². The lowest BCUT2D eigenvalue weighted by Gasteiger charge is -2.17. The smallest absolute Gasteiger partial charge is 0.119 e. The Kier molecular flexibility index (Phi) is 5.72. The Balaban J connectivity index is 1.72. The van der Waals surface area contributed by atoms with Crippen LogP contribution in [0.15, 0.2) is 48.8 Å². The van der Waals surface area contributed by atoms with Crippen LogP contribution < -0.4 is 10.1 Å². The van der Waals surface area contributed by atoms with E-state index in [-0.39, 0.29) is 12.6 Å². The van der Waals surface area contributed by atoms with Crippen LogP contribution in [0.5, 0.6) is 5.75 Å². The minimum absolute atomic E-state index is 0.146. The van der Waals surface area contributed by atoms with Gasteiger partial charge in [0, 0.05) is 25.0 Å². The van der Waals surface area contributed by atoms with Crippen molar-refractivity contribution in [2.75, 3.05) is 13.2 Å². The number of ether oxygens (including phenoxy) is 1. The van der Waals surface area contributed by atoms with E-state index < -0.39 is 6.10 Å².